The van der Waals surface area contributed by atoms with Crippen LogP contribution >= 0.6 is 11.6 Å². The minimum absolute atomic E-state index is 0.309. The van der Waals surface area contributed by atoms with Crippen LogP contribution in [0.1, 0.15) is 13.3 Å². The van der Waals surface area contributed by atoms with Crippen LogP contribution in [0, 0.1) is 0 Å². The summed E-state index contributed by atoms with van der Waals surface area (Å²) in [6.07, 6.45) is 1.65. The van der Waals surface area contributed by atoms with Crippen molar-refractivity contribution >= 4 is 11.6 Å². The highest BCUT2D eigenvalue weighted by molar-refractivity contribution is 6.18. The summed E-state index contributed by atoms with van der Waals surface area (Å²) in [7, 11) is 0. The van der Waals surface area contributed by atoms with Gasteiger partial charge in [-0.3, -0.25) is 0 Å². The van der Waals surface area contributed by atoms with Gasteiger partial charge in [0, 0.05) is 0 Å². The Morgan fingerprint density at radius 1 is 1.67 bits per heavy atom. The van der Waals surface area contributed by atoms with Gasteiger partial charge in [-0.15, -0.1) is 18.2 Å². The van der Waals surface area contributed by atoms with Crippen LogP contribution in [-0.2, 0) is 4.74 Å². The van der Waals surface area contributed by atoms with Gasteiger partial charge >= 0.3 is 0 Å². The van der Waals surface area contributed by atoms with E-state index in [0.29, 0.717) is 18.1 Å². The summed E-state index contributed by atoms with van der Waals surface area (Å²) in [5.41, 5.74) is 1.17. The maximum absolute atomic E-state index is 5.52. The van der Waals surface area contributed by atoms with Crippen LogP contribution in [0.5, 0.6) is 0 Å². The lowest BCUT2D eigenvalue weighted by Crippen LogP contribution is -1.94. The van der Waals surface area contributed by atoms with Gasteiger partial charge in [0.2, 0.25) is 0 Å². The highest BCUT2D eigenvalue weighted by Crippen LogP contribution is 2.28. The van der Waals surface area contributed by atoms with E-state index in [9.17, 15) is 0 Å². The van der Waals surface area contributed by atoms with E-state index in [1.54, 1.807) is 0 Å². The Hall–Kier alpha value is -0.0100. The molecular weight excluding hydrogens is 136 g/mol. The van der Waals surface area contributed by atoms with Crippen LogP contribution in [-0.4, -0.2) is 18.1 Å². The summed E-state index contributed by atoms with van der Waals surface area (Å²) in [6, 6.07) is 0. The van der Waals surface area contributed by atoms with Crippen molar-refractivity contribution in [2.24, 2.45) is 0 Å². The van der Waals surface area contributed by atoms with Gasteiger partial charge in [0.15, 0.2) is 0 Å². The fraction of sp³-hybridized carbons (Fsp3) is 0.714. The molecule has 1 heterocycles. The molecule has 0 aromatic heterocycles. The van der Waals surface area contributed by atoms with Crippen molar-refractivity contribution in [1.82, 2.24) is 0 Å². The van der Waals surface area contributed by atoms with E-state index in [-0.39, 0.29) is 0 Å². The third kappa shape index (κ3) is 1.99. The number of alkyl halides is 1. The Morgan fingerprint density at radius 2 is 2.33 bits per heavy atom. The second kappa shape index (κ2) is 2.72. The Morgan fingerprint density at radius 3 is 2.67 bits per heavy atom. The topological polar surface area (TPSA) is 12.5 Å². The first-order valence-corrected chi connectivity index (χ1v) is 3.63. The summed E-state index contributed by atoms with van der Waals surface area (Å²) < 4.78 is 5.18. The lowest BCUT2D eigenvalue weighted by molar-refractivity contribution is 0.379. The van der Waals surface area contributed by atoms with Gasteiger partial charge in [0.1, 0.15) is 0 Å². The average Bonchev–Trinajstić information content (AvgIpc) is 2.45. The summed E-state index contributed by atoms with van der Waals surface area (Å²) in [4.78, 5) is 0. The Balaban J connectivity index is 2.12. The summed E-state index contributed by atoms with van der Waals surface area (Å²) in [5, 5.41) is 0. The molecule has 1 saturated heterocycles. The van der Waals surface area contributed by atoms with Crippen molar-refractivity contribution in [2.75, 3.05) is 5.88 Å². The minimum Gasteiger partial charge on any atom is -0.368 e. The standard InChI is InChI=1S/C7H11ClO/c1-5(2)3-6-7(4-8)9-6/h6-7H,1,3-4H2,2H3/t6-,7-/m0/s1. The van der Waals surface area contributed by atoms with E-state index >= 15 is 0 Å². The van der Waals surface area contributed by atoms with Gasteiger partial charge in [-0.1, -0.05) is 5.57 Å². The number of hydrogen-bond acceptors (Lipinski definition) is 1. The van der Waals surface area contributed by atoms with Crippen molar-refractivity contribution in [3.8, 4) is 0 Å². The minimum atomic E-state index is 0.309. The molecule has 0 aromatic rings. The van der Waals surface area contributed by atoms with E-state index in [1.807, 2.05) is 6.92 Å². The lowest BCUT2D eigenvalue weighted by atomic mass is 10.1. The molecule has 0 unspecified atom stereocenters. The molecule has 0 N–H and O–H groups in total. The number of hydrogen-bond donors (Lipinski definition) is 0. The third-order valence-corrected chi connectivity index (χ3v) is 1.69. The van der Waals surface area contributed by atoms with Gasteiger partial charge in [-0.25, -0.2) is 0 Å². The number of halogens is 1. The van der Waals surface area contributed by atoms with Crippen molar-refractivity contribution in [3.05, 3.63) is 12.2 Å². The predicted octanol–water partition coefficient (Wildman–Crippen LogP) is 1.96. The first-order valence-electron chi connectivity index (χ1n) is 3.10. The molecule has 0 spiro atoms. The zero-order valence-corrected chi connectivity index (χ0v) is 6.32. The smallest absolute Gasteiger partial charge is 0.0980 e. The van der Waals surface area contributed by atoms with Crippen LogP contribution in [0.4, 0.5) is 0 Å². The molecular formula is C7H11ClO. The first kappa shape index (κ1) is 7.10. The molecule has 0 aromatic carbocycles. The number of epoxide rings is 1. The van der Waals surface area contributed by atoms with Gasteiger partial charge in [0.05, 0.1) is 18.1 Å². The third-order valence-electron chi connectivity index (χ3n) is 1.39. The van der Waals surface area contributed by atoms with Crippen LogP contribution in [0.25, 0.3) is 0 Å². The van der Waals surface area contributed by atoms with Gasteiger partial charge in [-0.05, 0) is 13.3 Å². The van der Waals surface area contributed by atoms with E-state index < -0.39 is 0 Å². The number of rotatable bonds is 3. The van der Waals surface area contributed by atoms with Crippen molar-refractivity contribution in [2.45, 2.75) is 25.6 Å². The first-order chi connectivity index (χ1) is 4.24. The zero-order valence-electron chi connectivity index (χ0n) is 5.56. The van der Waals surface area contributed by atoms with Gasteiger partial charge in [-0.2, -0.15) is 0 Å². The molecule has 1 nitrogen and oxygen atoms in total. The molecule has 2 atom stereocenters. The summed E-state index contributed by atoms with van der Waals surface area (Å²) in [5.74, 6) is 0.623. The normalized spacial score (nSPS) is 32.2. The van der Waals surface area contributed by atoms with E-state index in [0.717, 1.165) is 6.42 Å². The molecule has 0 amide bonds. The molecule has 1 aliphatic rings. The largest absolute Gasteiger partial charge is 0.368 e. The maximum atomic E-state index is 5.52. The predicted molar refractivity (Wildman–Crippen MR) is 38.8 cm³/mol. The van der Waals surface area contributed by atoms with E-state index in [4.69, 9.17) is 16.3 Å². The van der Waals surface area contributed by atoms with Crippen molar-refractivity contribution < 1.29 is 4.74 Å². The fourth-order valence-corrected chi connectivity index (χ4v) is 1.11. The highest BCUT2D eigenvalue weighted by atomic mass is 35.5. The molecule has 1 fully saturated rings. The lowest BCUT2D eigenvalue weighted by Gasteiger charge is -1.89. The molecule has 1 aliphatic heterocycles. The van der Waals surface area contributed by atoms with Crippen LogP contribution in [0.2, 0.25) is 0 Å². The molecule has 0 radical (unpaired) electrons. The van der Waals surface area contributed by atoms with Crippen molar-refractivity contribution in [1.29, 1.82) is 0 Å². The summed E-state index contributed by atoms with van der Waals surface area (Å²) in [6.45, 7) is 5.79. The zero-order chi connectivity index (χ0) is 6.85. The van der Waals surface area contributed by atoms with E-state index in [1.165, 1.54) is 5.57 Å². The second-order valence-electron chi connectivity index (χ2n) is 2.53. The van der Waals surface area contributed by atoms with Crippen LogP contribution in [0.15, 0.2) is 12.2 Å². The molecule has 9 heavy (non-hydrogen) atoms. The summed E-state index contributed by atoms with van der Waals surface area (Å²) >= 11 is 5.52. The monoisotopic (exact) mass is 146 g/mol. The highest BCUT2D eigenvalue weighted by Gasteiger charge is 2.37. The molecule has 1 rings (SSSR count). The van der Waals surface area contributed by atoms with E-state index in [2.05, 4.69) is 6.58 Å². The van der Waals surface area contributed by atoms with Gasteiger partial charge in [0.25, 0.3) is 0 Å². The molecule has 0 aliphatic carbocycles. The quantitative estimate of drug-likeness (QED) is 0.337. The maximum Gasteiger partial charge on any atom is 0.0980 e. The SMILES string of the molecule is C=C(C)C[C@@H]1O[C@H]1CCl. The average molecular weight is 147 g/mol. The molecule has 52 valence electrons. The van der Waals surface area contributed by atoms with Crippen LogP contribution < -0.4 is 0 Å². The van der Waals surface area contributed by atoms with Gasteiger partial charge < -0.3 is 4.74 Å². The Kier molecular flexibility index (Phi) is 2.14. The Labute approximate surface area is 60.7 Å². The molecule has 0 saturated carbocycles. The van der Waals surface area contributed by atoms with Crippen LogP contribution in [0.3, 0.4) is 0 Å². The van der Waals surface area contributed by atoms with Crippen molar-refractivity contribution in [3.63, 3.8) is 0 Å². The second-order valence-corrected chi connectivity index (χ2v) is 2.84. The Bertz CT molecular complexity index is 122. The fourth-order valence-electron chi connectivity index (χ4n) is 0.838. The molecule has 0 bridgehead atoms. The molecule has 2 heteroatoms. The number of ether oxygens (including phenoxy) is 1.